The van der Waals surface area contributed by atoms with Crippen LogP contribution in [0.2, 0.25) is 0 Å². The van der Waals surface area contributed by atoms with Gasteiger partial charge < -0.3 is 4.55 Å². The van der Waals surface area contributed by atoms with Crippen LogP contribution in [0, 0.1) is 0 Å². The van der Waals surface area contributed by atoms with Crippen LogP contribution >= 0.6 is 0 Å². The van der Waals surface area contributed by atoms with Crippen molar-refractivity contribution >= 4 is 20.9 Å². The molecule has 0 N–H and O–H groups in total. The van der Waals surface area contributed by atoms with Gasteiger partial charge >= 0.3 is 29.6 Å². The Morgan fingerprint density at radius 3 is 1.71 bits per heavy atom. The normalized spacial score (nSPS) is 11.6. The van der Waals surface area contributed by atoms with E-state index in [0.717, 1.165) is 43.1 Å². The number of aryl methyl sites for hydroxylation is 2. The average molecular weight is 455 g/mol. The van der Waals surface area contributed by atoms with Gasteiger partial charge in [0, 0.05) is 0 Å². The fourth-order valence-electron chi connectivity index (χ4n) is 4.17. The van der Waals surface area contributed by atoms with Gasteiger partial charge in [0.05, 0.1) is 4.90 Å². The van der Waals surface area contributed by atoms with Crippen LogP contribution in [-0.4, -0.2) is 13.0 Å². The van der Waals surface area contributed by atoms with Crippen molar-refractivity contribution < 1.29 is 42.5 Å². The number of benzene rings is 2. The predicted molar refractivity (Wildman–Crippen MR) is 126 cm³/mol. The van der Waals surface area contributed by atoms with Gasteiger partial charge in [0.2, 0.25) is 0 Å². The second kappa shape index (κ2) is 15.4. The van der Waals surface area contributed by atoms with Gasteiger partial charge in [-0.05, 0) is 53.6 Å². The Balaban J connectivity index is 0.00000480. The summed E-state index contributed by atoms with van der Waals surface area (Å²) in [6.07, 6.45) is 16.5. The largest absolute Gasteiger partial charge is 1.00 e. The Kier molecular flexibility index (Phi) is 14.3. The van der Waals surface area contributed by atoms with Crippen molar-refractivity contribution in [1.29, 1.82) is 0 Å². The molecular formula is C26H39NaO3S. The minimum atomic E-state index is -4.49. The maximum Gasteiger partial charge on any atom is 1.00 e. The van der Waals surface area contributed by atoms with Crippen molar-refractivity contribution in [2.75, 3.05) is 0 Å². The minimum Gasteiger partial charge on any atom is -0.744 e. The Hall–Kier alpha value is -0.390. The zero-order valence-corrected chi connectivity index (χ0v) is 22.7. The molecule has 31 heavy (non-hydrogen) atoms. The summed E-state index contributed by atoms with van der Waals surface area (Å²) >= 11 is 0. The molecule has 2 aromatic rings. The zero-order valence-electron chi connectivity index (χ0n) is 19.9. The third-order valence-corrected chi connectivity index (χ3v) is 6.82. The minimum absolute atomic E-state index is 0. The summed E-state index contributed by atoms with van der Waals surface area (Å²) in [5.74, 6) is 0. The van der Waals surface area contributed by atoms with Gasteiger partial charge in [-0.1, -0.05) is 102 Å². The smallest absolute Gasteiger partial charge is 0.744 e. The molecule has 0 atom stereocenters. The van der Waals surface area contributed by atoms with E-state index in [-0.39, 0.29) is 34.5 Å². The van der Waals surface area contributed by atoms with Gasteiger partial charge in [-0.2, -0.15) is 0 Å². The molecule has 0 bridgehead atoms. The zero-order chi connectivity index (χ0) is 21.8. The molecule has 0 aliphatic heterocycles. The quantitative estimate of drug-likeness (QED) is 0.225. The van der Waals surface area contributed by atoms with Gasteiger partial charge in [0.25, 0.3) is 0 Å². The molecule has 0 saturated carbocycles. The Bertz CT molecular complexity index is 872. The molecule has 0 amide bonds. The molecule has 168 valence electrons. The maximum absolute atomic E-state index is 11.9. The summed E-state index contributed by atoms with van der Waals surface area (Å²) < 4.78 is 35.6. The van der Waals surface area contributed by atoms with E-state index < -0.39 is 10.1 Å². The summed E-state index contributed by atoms with van der Waals surface area (Å²) in [4.78, 5) is -0.0629. The fourth-order valence-corrected chi connectivity index (χ4v) is 4.92. The number of fused-ring (bicyclic) bond motifs is 1. The van der Waals surface area contributed by atoms with Crippen molar-refractivity contribution in [2.45, 2.75) is 109 Å². The van der Waals surface area contributed by atoms with E-state index in [1.54, 1.807) is 6.07 Å². The van der Waals surface area contributed by atoms with Crippen LogP contribution in [0.15, 0.2) is 35.2 Å². The number of unbranched alkanes of at least 4 members (excludes halogenated alkanes) is 10. The third kappa shape index (κ3) is 10.4. The first-order valence-corrected chi connectivity index (χ1v) is 13.4. The van der Waals surface area contributed by atoms with Crippen molar-refractivity contribution in [1.82, 2.24) is 0 Å². The van der Waals surface area contributed by atoms with Crippen LogP contribution in [-0.2, 0) is 23.0 Å². The summed E-state index contributed by atoms with van der Waals surface area (Å²) in [6.45, 7) is 4.44. The van der Waals surface area contributed by atoms with Gasteiger partial charge in [0.1, 0.15) is 10.1 Å². The van der Waals surface area contributed by atoms with Crippen molar-refractivity contribution in [3.8, 4) is 0 Å². The second-order valence-electron chi connectivity index (χ2n) is 8.64. The molecule has 2 rings (SSSR count). The Morgan fingerprint density at radius 1 is 0.677 bits per heavy atom. The molecule has 0 aliphatic rings. The van der Waals surface area contributed by atoms with E-state index in [4.69, 9.17) is 0 Å². The maximum atomic E-state index is 11.9. The predicted octanol–water partition coefficient (Wildman–Crippen LogP) is 4.55. The number of rotatable bonds is 15. The topological polar surface area (TPSA) is 57.2 Å². The Labute approximate surface area is 212 Å². The van der Waals surface area contributed by atoms with E-state index in [9.17, 15) is 13.0 Å². The summed E-state index contributed by atoms with van der Waals surface area (Å²) in [5, 5.41) is 1.44. The first kappa shape index (κ1) is 28.6. The van der Waals surface area contributed by atoms with Crippen molar-refractivity contribution in [2.24, 2.45) is 0 Å². The molecule has 0 unspecified atom stereocenters. The molecule has 2 aromatic carbocycles. The molecule has 0 saturated heterocycles. The Morgan fingerprint density at radius 2 is 1.16 bits per heavy atom. The van der Waals surface area contributed by atoms with Crippen LogP contribution < -0.4 is 29.6 Å². The van der Waals surface area contributed by atoms with Gasteiger partial charge in [-0.25, -0.2) is 8.42 Å². The molecule has 3 nitrogen and oxygen atoms in total. The van der Waals surface area contributed by atoms with E-state index in [0.29, 0.717) is 5.39 Å². The van der Waals surface area contributed by atoms with E-state index >= 15 is 0 Å². The van der Waals surface area contributed by atoms with Crippen molar-refractivity contribution in [3.63, 3.8) is 0 Å². The van der Waals surface area contributed by atoms with E-state index in [1.807, 2.05) is 12.1 Å². The fraction of sp³-hybridized carbons (Fsp3) is 0.615. The molecular weight excluding hydrogens is 415 g/mol. The summed E-state index contributed by atoms with van der Waals surface area (Å²) in [7, 11) is -4.49. The van der Waals surface area contributed by atoms with Gasteiger partial charge in [-0.3, -0.25) is 0 Å². The molecule has 0 heterocycles. The van der Waals surface area contributed by atoms with Crippen LogP contribution in [0.1, 0.15) is 102 Å². The molecule has 0 fully saturated rings. The first-order chi connectivity index (χ1) is 14.5. The van der Waals surface area contributed by atoms with Crippen LogP contribution in [0.25, 0.3) is 10.8 Å². The molecule has 5 heteroatoms. The van der Waals surface area contributed by atoms with Crippen LogP contribution in [0.4, 0.5) is 0 Å². The molecule has 0 spiro atoms. The monoisotopic (exact) mass is 454 g/mol. The molecule has 0 radical (unpaired) electrons. The van der Waals surface area contributed by atoms with Gasteiger partial charge in [0.15, 0.2) is 0 Å². The van der Waals surface area contributed by atoms with E-state index in [1.165, 1.54) is 63.4 Å². The summed E-state index contributed by atoms with van der Waals surface area (Å²) in [6, 6.07) is 9.57. The molecule has 0 aromatic heterocycles. The first-order valence-electron chi connectivity index (χ1n) is 12.0. The second-order valence-corrected chi connectivity index (χ2v) is 9.99. The third-order valence-electron chi connectivity index (χ3n) is 5.95. The SMILES string of the molecule is CCCCCCCCc1ccc2c(S(=O)(=O)[O-])cc(CCCCCCCC)cc2c1.[Na+]. The van der Waals surface area contributed by atoms with E-state index in [2.05, 4.69) is 26.0 Å². The number of hydrogen-bond donors (Lipinski definition) is 0. The van der Waals surface area contributed by atoms with Gasteiger partial charge in [-0.15, -0.1) is 0 Å². The number of hydrogen-bond acceptors (Lipinski definition) is 3. The summed E-state index contributed by atoms with van der Waals surface area (Å²) in [5.41, 5.74) is 2.19. The van der Waals surface area contributed by atoms with Crippen molar-refractivity contribution in [3.05, 3.63) is 41.5 Å². The standard InChI is InChI=1S/C26H40O3S.Na/c1-3-5-7-9-11-13-15-22-17-18-25-24(19-22)20-23(21-26(25)30(27,28)29)16-14-12-10-8-6-4-2;/h17-21H,3-16H2,1-2H3,(H,27,28,29);/q;+1/p-1. The van der Waals surface area contributed by atoms with Crippen LogP contribution in [0.5, 0.6) is 0 Å². The molecule has 0 aliphatic carbocycles. The average Bonchev–Trinajstić information content (AvgIpc) is 2.71. The van der Waals surface area contributed by atoms with Crippen LogP contribution in [0.3, 0.4) is 0 Å².